The Morgan fingerprint density at radius 2 is 1.19 bits per heavy atom. The maximum absolute atomic E-state index is 12.7. The van der Waals surface area contributed by atoms with Gasteiger partial charge in [0.1, 0.15) is 18.7 Å². The summed E-state index contributed by atoms with van der Waals surface area (Å²) in [6.07, 6.45) is 13.7. The quantitative estimate of drug-likeness (QED) is 0.268. The first kappa shape index (κ1) is 33.4. The fourth-order valence-corrected chi connectivity index (χ4v) is 7.50. The number of carbonyl (C=O) groups excluding carboxylic acids is 4. The topological polar surface area (TPSA) is 153 Å². The van der Waals surface area contributed by atoms with E-state index in [-0.39, 0.29) is 42.1 Å². The smallest absolute Gasteiger partial charge is 0.309 e. The van der Waals surface area contributed by atoms with Gasteiger partial charge in [0.2, 0.25) is 0 Å². The minimum Gasteiger partial charge on any atom is -0.309 e. The van der Waals surface area contributed by atoms with E-state index in [1.807, 2.05) is 30.3 Å². The van der Waals surface area contributed by atoms with Gasteiger partial charge in [0, 0.05) is 13.1 Å². The van der Waals surface area contributed by atoms with Gasteiger partial charge in [0.05, 0.1) is 24.3 Å². The molecule has 258 valence electrons. The maximum atomic E-state index is 12.7. The Hall–Kier alpha value is -3.46. The van der Waals surface area contributed by atoms with Crippen LogP contribution >= 0.6 is 0 Å². The van der Waals surface area contributed by atoms with Gasteiger partial charge in [-0.05, 0) is 56.9 Å². The Morgan fingerprint density at radius 3 is 1.77 bits per heavy atom. The summed E-state index contributed by atoms with van der Waals surface area (Å²) in [6, 6.07) is 7.87. The third-order valence-electron chi connectivity index (χ3n) is 10.2. The number of hydroxylamine groups is 6. The highest BCUT2D eigenvalue weighted by Gasteiger charge is 2.48. The SMILES string of the molecule is O=C(NOC1CCCCC1)[C@@H]1CC[C@@H]2CN1C(=O)N2O.O=C(NOC1CCCCC1)[C@@H]1CC[C@@H]2CN1C(=O)N2OCc1ccccc1. The molecule has 47 heavy (non-hydrogen) atoms. The van der Waals surface area contributed by atoms with Crippen molar-refractivity contribution >= 4 is 23.9 Å². The number of piperidine rings is 2. The minimum absolute atomic E-state index is 0.00419. The van der Waals surface area contributed by atoms with Crippen molar-refractivity contribution in [2.45, 2.75) is 133 Å². The molecule has 7 rings (SSSR count). The van der Waals surface area contributed by atoms with Crippen molar-refractivity contribution in [2.24, 2.45) is 0 Å². The van der Waals surface area contributed by atoms with Gasteiger partial charge in [0.25, 0.3) is 11.8 Å². The normalized spacial score (nSPS) is 27.9. The number of nitrogens with one attached hydrogen (secondary N) is 2. The molecule has 0 radical (unpaired) electrons. The van der Waals surface area contributed by atoms with Crippen molar-refractivity contribution in [3.05, 3.63) is 35.9 Å². The maximum Gasteiger partial charge on any atom is 0.345 e. The molecule has 4 heterocycles. The molecule has 6 amide bonds. The molecule has 3 N–H and O–H groups in total. The monoisotopic (exact) mass is 656 g/mol. The lowest BCUT2D eigenvalue weighted by molar-refractivity contribution is -0.146. The van der Waals surface area contributed by atoms with E-state index in [4.69, 9.17) is 14.5 Å². The molecule has 4 saturated heterocycles. The predicted molar refractivity (Wildman–Crippen MR) is 167 cm³/mol. The first-order valence-electron chi connectivity index (χ1n) is 17.4. The van der Waals surface area contributed by atoms with Crippen LogP contribution < -0.4 is 11.0 Å². The molecule has 6 fully saturated rings. The van der Waals surface area contributed by atoms with Crippen LogP contribution in [0.15, 0.2) is 30.3 Å². The van der Waals surface area contributed by atoms with Crippen LogP contribution in [-0.2, 0) is 30.7 Å². The summed E-state index contributed by atoms with van der Waals surface area (Å²) in [7, 11) is 0. The first-order chi connectivity index (χ1) is 22.9. The molecule has 2 saturated carbocycles. The van der Waals surface area contributed by atoms with Gasteiger partial charge in [-0.1, -0.05) is 68.9 Å². The summed E-state index contributed by atoms with van der Waals surface area (Å²) in [5, 5.41) is 11.8. The third kappa shape index (κ3) is 7.99. The molecule has 0 aromatic heterocycles. The number of fused-ring (bicyclic) bond motifs is 4. The molecule has 2 aliphatic carbocycles. The van der Waals surface area contributed by atoms with Crippen molar-refractivity contribution in [2.75, 3.05) is 13.1 Å². The highest BCUT2D eigenvalue weighted by Crippen LogP contribution is 2.31. The molecule has 1 aromatic rings. The minimum atomic E-state index is -0.528. The lowest BCUT2D eigenvalue weighted by Gasteiger charge is -2.30. The Balaban J connectivity index is 0.000000172. The number of rotatable bonds is 9. The lowest BCUT2D eigenvalue weighted by atomic mass is 9.98. The molecular weight excluding hydrogens is 608 g/mol. The molecule has 0 unspecified atom stereocenters. The second kappa shape index (κ2) is 15.6. The van der Waals surface area contributed by atoms with Crippen LogP contribution in [0.5, 0.6) is 0 Å². The first-order valence-corrected chi connectivity index (χ1v) is 17.4. The largest absolute Gasteiger partial charge is 0.345 e. The van der Waals surface area contributed by atoms with Crippen LogP contribution in [0.25, 0.3) is 0 Å². The van der Waals surface area contributed by atoms with Gasteiger partial charge in [-0.25, -0.2) is 25.6 Å². The predicted octanol–water partition coefficient (Wildman–Crippen LogP) is 3.79. The molecule has 14 heteroatoms. The van der Waals surface area contributed by atoms with Gasteiger partial charge >= 0.3 is 12.1 Å². The van der Waals surface area contributed by atoms with Gasteiger partial charge < -0.3 is 9.80 Å². The standard InChI is InChI=1S/C20H27N3O4.C13H21N3O4/c24-19(21-27-17-9-5-2-6-10-17)18-12-11-16-13-22(18)20(25)23(16)26-14-15-7-3-1-4-8-15;17-12(14-20-10-4-2-1-3-5-10)11-7-6-9-8-15(11)13(18)16(9)19/h1,3-4,7-8,16-18H,2,5-6,9-14H2,(H,21,24);9-11,19H,1-8H2,(H,14,17)/t16-,18+;9-,11+/m11/s1. The summed E-state index contributed by atoms with van der Waals surface area (Å²) < 4.78 is 0. The number of urea groups is 2. The summed E-state index contributed by atoms with van der Waals surface area (Å²) in [5.41, 5.74) is 6.12. The van der Waals surface area contributed by atoms with Crippen molar-refractivity contribution in [1.29, 1.82) is 0 Å². The number of amides is 6. The van der Waals surface area contributed by atoms with E-state index in [0.717, 1.165) is 68.4 Å². The van der Waals surface area contributed by atoms with Crippen molar-refractivity contribution in [3.63, 3.8) is 0 Å². The van der Waals surface area contributed by atoms with Crippen molar-refractivity contribution in [1.82, 2.24) is 30.9 Å². The number of carbonyl (C=O) groups is 4. The number of hydrogen-bond acceptors (Lipinski definition) is 8. The second-order valence-corrected chi connectivity index (χ2v) is 13.5. The second-order valence-electron chi connectivity index (χ2n) is 13.5. The van der Waals surface area contributed by atoms with Gasteiger partial charge in [0.15, 0.2) is 0 Å². The zero-order chi connectivity index (χ0) is 32.8. The number of nitrogens with zero attached hydrogens (tertiary/aromatic N) is 4. The van der Waals surface area contributed by atoms with E-state index in [2.05, 4.69) is 11.0 Å². The zero-order valence-electron chi connectivity index (χ0n) is 27.0. The molecule has 4 bridgehead atoms. The summed E-state index contributed by atoms with van der Waals surface area (Å²) in [4.78, 5) is 69.1. The molecule has 0 spiro atoms. The van der Waals surface area contributed by atoms with E-state index < -0.39 is 18.1 Å². The summed E-state index contributed by atoms with van der Waals surface area (Å²) >= 11 is 0. The fourth-order valence-electron chi connectivity index (χ4n) is 7.50. The van der Waals surface area contributed by atoms with Crippen LogP contribution in [0.2, 0.25) is 0 Å². The van der Waals surface area contributed by atoms with Gasteiger partial charge in [-0.15, -0.1) is 0 Å². The highest BCUT2D eigenvalue weighted by atomic mass is 16.7. The lowest BCUT2D eigenvalue weighted by Crippen LogP contribution is -2.50. The van der Waals surface area contributed by atoms with E-state index in [9.17, 15) is 24.4 Å². The van der Waals surface area contributed by atoms with Crippen molar-refractivity contribution < 1.29 is 38.9 Å². The van der Waals surface area contributed by atoms with Crippen molar-refractivity contribution in [3.8, 4) is 0 Å². The van der Waals surface area contributed by atoms with Crippen LogP contribution in [0.4, 0.5) is 9.59 Å². The van der Waals surface area contributed by atoms with E-state index in [0.29, 0.717) is 39.0 Å². The van der Waals surface area contributed by atoms with E-state index in [1.54, 1.807) is 4.90 Å². The molecule has 14 nitrogen and oxygen atoms in total. The Morgan fingerprint density at radius 1 is 0.681 bits per heavy atom. The number of benzene rings is 1. The average molecular weight is 657 g/mol. The van der Waals surface area contributed by atoms with Gasteiger partial charge in [-0.2, -0.15) is 5.06 Å². The Kier molecular flexibility index (Phi) is 11.1. The van der Waals surface area contributed by atoms with Crippen LogP contribution in [-0.4, -0.2) is 98.5 Å². The zero-order valence-corrected chi connectivity index (χ0v) is 27.0. The number of hydrogen-bond donors (Lipinski definition) is 3. The van der Waals surface area contributed by atoms with E-state index in [1.165, 1.54) is 22.8 Å². The average Bonchev–Trinajstić information content (AvgIpc) is 3.49. The molecule has 1 aromatic carbocycles. The molecule has 4 aliphatic heterocycles. The van der Waals surface area contributed by atoms with Crippen LogP contribution in [0.1, 0.15) is 95.5 Å². The summed E-state index contributed by atoms with van der Waals surface area (Å²) in [5.74, 6) is -0.505. The molecule has 6 aliphatic rings. The van der Waals surface area contributed by atoms with Crippen LogP contribution in [0.3, 0.4) is 0 Å². The summed E-state index contributed by atoms with van der Waals surface area (Å²) in [6.45, 7) is 1.28. The fraction of sp³-hybridized carbons (Fsp3) is 0.697. The Labute approximate surface area is 275 Å². The third-order valence-corrected chi connectivity index (χ3v) is 10.2. The van der Waals surface area contributed by atoms with Crippen LogP contribution in [0, 0.1) is 0 Å². The molecular formula is C33H48N6O8. The Bertz CT molecular complexity index is 1240. The van der Waals surface area contributed by atoms with Gasteiger partial charge in [-0.3, -0.25) is 29.3 Å². The molecule has 4 atom stereocenters. The van der Waals surface area contributed by atoms with E-state index >= 15 is 0 Å². The highest BCUT2D eigenvalue weighted by molar-refractivity contribution is 5.88.